The molecule has 0 unspecified atom stereocenters. The number of carboxylic acid groups (broad SMARTS) is 1. The van der Waals surface area contributed by atoms with Gasteiger partial charge in [0.1, 0.15) is 0 Å². The van der Waals surface area contributed by atoms with Crippen LogP contribution in [0, 0.1) is 11.8 Å². The number of hydrogen-bond donors (Lipinski definition) is 2. The Labute approximate surface area is 171 Å². The number of rotatable bonds is 9. The Morgan fingerprint density at radius 2 is 2.00 bits per heavy atom. The number of unbranched alkanes of at least 4 members (excludes halogenated alkanes) is 1. The fraction of sp³-hybridized carbons (Fsp3) is 0.500. The molecule has 2 amide bonds. The van der Waals surface area contributed by atoms with Crippen LogP contribution in [-0.4, -0.2) is 47.6 Å². The minimum Gasteiger partial charge on any atom is -0.481 e. The summed E-state index contributed by atoms with van der Waals surface area (Å²) in [4.78, 5) is 22.9. The number of hydrogen-bond acceptors (Lipinski definition) is 4. The van der Waals surface area contributed by atoms with Gasteiger partial charge in [-0.25, -0.2) is 9.80 Å². The van der Waals surface area contributed by atoms with Crippen molar-refractivity contribution in [2.24, 2.45) is 16.9 Å². The predicted octanol–water partition coefficient (Wildman–Crippen LogP) is 4.13. The predicted molar refractivity (Wildman–Crippen MR) is 112 cm³/mol. The second-order valence-electron chi connectivity index (χ2n) is 7.61. The fourth-order valence-electron chi connectivity index (χ4n) is 4.02. The van der Waals surface area contributed by atoms with Crippen LogP contribution in [0.15, 0.2) is 47.6 Å². The SMILES string of the molecule is CN(N=C[C@@H]1[C@@H](CC=CCCCC(=O)O)[C@H]2CC[C@@H]1O2)C(=O)Nc1ccccc1. The summed E-state index contributed by atoms with van der Waals surface area (Å²) in [6.07, 6.45) is 11.1. The van der Waals surface area contributed by atoms with Crippen LogP contribution < -0.4 is 5.32 Å². The molecule has 3 rings (SSSR count). The van der Waals surface area contributed by atoms with Gasteiger partial charge in [0.2, 0.25) is 0 Å². The number of nitrogens with zero attached hydrogens (tertiary/aromatic N) is 2. The number of carbonyl (C=O) groups is 2. The molecule has 4 atom stereocenters. The molecule has 1 aromatic rings. The molecule has 156 valence electrons. The van der Waals surface area contributed by atoms with Crippen LogP contribution in [0.3, 0.4) is 0 Å². The van der Waals surface area contributed by atoms with E-state index in [1.807, 2.05) is 36.5 Å². The number of amides is 2. The summed E-state index contributed by atoms with van der Waals surface area (Å²) in [6, 6.07) is 9.01. The zero-order chi connectivity index (χ0) is 20.6. The van der Waals surface area contributed by atoms with Crippen molar-refractivity contribution in [1.29, 1.82) is 0 Å². The summed E-state index contributed by atoms with van der Waals surface area (Å²) in [5, 5.41) is 17.2. The molecule has 1 aromatic carbocycles. The van der Waals surface area contributed by atoms with Crippen molar-refractivity contribution < 1.29 is 19.4 Å². The number of hydrazone groups is 1. The molecule has 0 radical (unpaired) electrons. The summed E-state index contributed by atoms with van der Waals surface area (Å²) in [6.45, 7) is 0. The van der Waals surface area contributed by atoms with Gasteiger partial charge >= 0.3 is 12.0 Å². The van der Waals surface area contributed by atoms with Crippen LogP contribution in [0.4, 0.5) is 10.5 Å². The van der Waals surface area contributed by atoms with E-state index in [0.29, 0.717) is 12.3 Å². The first-order valence-corrected chi connectivity index (χ1v) is 10.2. The quantitative estimate of drug-likeness (QED) is 0.283. The maximum absolute atomic E-state index is 12.3. The van der Waals surface area contributed by atoms with Crippen molar-refractivity contribution in [1.82, 2.24) is 5.01 Å². The molecule has 0 saturated carbocycles. The maximum atomic E-state index is 12.3. The number of ether oxygens (including phenoxy) is 1. The highest BCUT2D eigenvalue weighted by Gasteiger charge is 2.47. The van der Waals surface area contributed by atoms with E-state index in [0.717, 1.165) is 31.4 Å². The lowest BCUT2D eigenvalue weighted by molar-refractivity contribution is -0.137. The lowest BCUT2D eigenvalue weighted by Gasteiger charge is -2.24. The fourth-order valence-corrected chi connectivity index (χ4v) is 4.02. The minimum atomic E-state index is -0.753. The van der Waals surface area contributed by atoms with Crippen molar-refractivity contribution in [2.75, 3.05) is 12.4 Å². The highest BCUT2D eigenvalue weighted by atomic mass is 16.5. The Bertz CT molecular complexity index is 750. The van der Waals surface area contributed by atoms with Gasteiger partial charge in [0.05, 0.1) is 12.2 Å². The summed E-state index contributed by atoms with van der Waals surface area (Å²) in [5.74, 6) is -0.222. The first-order valence-electron chi connectivity index (χ1n) is 10.2. The first-order chi connectivity index (χ1) is 14.0. The summed E-state index contributed by atoms with van der Waals surface area (Å²) < 4.78 is 6.07. The van der Waals surface area contributed by atoms with E-state index in [1.165, 1.54) is 5.01 Å². The van der Waals surface area contributed by atoms with E-state index < -0.39 is 5.97 Å². The number of anilines is 1. The third-order valence-electron chi connectivity index (χ3n) is 5.55. The zero-order valence-electron chi connectivity index (χ0n) is 16.7. The van der Waals surface area contributed by atoms with E-state index >= 15 is 0 Å². The van der Waals surface area contributed by atoms with Gasteiger partial charge in [-0.2, -0.15) is 5.10 Å². The summed E-state index contributed by atoms with van der Waals surface area (Å²) in [5.41, 5.74) is 0.730. The second kappa shape index (κ2) is 10.2. The summed E-state index contributed by atoms with van der Waals surface area (Å²) >= 11 is 0. The van der Waals surface area contributed by atoms with E-state index in [4.69, 9.17) is 9.84 Å². The standard InChI is InChI=1S/C22H29N3O4/c1-25(22(28)24-16-9-5-4-6-10-16)23-15-18-17(19-13-14-20(18)29-19)11-7-2-3-8-12-21(26)27/h2,4-7,9-10,15,17-20H,3,8,11-14H2,1H3,(H,24,28)(H,26,27)/t17-,18-,19-,20+/m1/s1. The highest BCUT2D eigenvalue weighted by Crippen LogP contribution is 2.44. The van der Waals surface area contributed by atoms with Gasteiger partial charge in [0.15, 0.2) is 0 Å². The molecule has 0 aliphatic carbocycles. The molecule has 29 heavy (non-hydrogen) atoms. The van der Waals surface area contributed by atoms with Gasteiger partial charge < -0.3 is 15.2 Å². The lowest BCUT2D eigenvalue weighted by atomic mass is 9.78. The van der Waals surface area contributed by atoms with Crippen molar-refractivity contribution in [2.45, 2.75) is 50.7 Å². The first kappa shape index (κ1) is 21.0. The normalized spacial score (nSPS) is 25.7. The number of nitrogens with one attached hydrogen (secondary N) is 1. The Balaban J connectivity index is 1.51. The topological polar surface area (TPSA) is 91.2 Å². The largest absolute Gasteiger partial charge is 0.481 e. The van der Waals surface area contributed by atoms with Crippen molar-refractivity contribution in [3.63, 3.8) is 0 Å². The number of para-hydroxylation sites is 1. The van der Waals surface area contributed by atoms with E-state index in [9.17, 15) is 9.59 Å². The third-order valence-corrected chi connectivity index (χ3v) is 5.55. The monoisotopic (exact) mass is 399 g/mol. The van der Waals surface area contributed by atoms with Gasteiger partial charge in [-0.05, 0) is 50.2 Å². The van der Waals surface area contributed by atoms with Crippen LogP contribution in [0.25, 0.3) is 0 Å². The minimum absolute atomic E-state index is 0.166. The highest BCUT2D eigenvalue weighted by molar-refractivity contribution is 5.89. The lowest BCUT2D eigenvalue weighted by Crippen LogP contribution is -2.31. The third kappa shape index (κ3) is 5.90. The molecule has 2 N–H and O–H groups in total. The maximum Gasteiger partial charge on any atom is 0.341 e. The molecule has 2 aliphatic rings. The van der Waals surface area contributed by atoms with Crippen molar-refractivity contribution in [3.05, 3.63) is 42.5 Å². The Hall–Kier alpha value is -2.67. The molecule has 2 fully saturated rings. The number of carboxylic acids is 1. The number of carbonyl (C=O) groups excluding carboxylic acids is 1. The van der Waals surface area contributed by atoms with E-state index in [2.05, 4.69) is 22.6 Å². The number of urea groups is 1. The van der Waals surface area contributed by atoms with Crippen molar-refractivity contribution in [3.8, 4) is 0 Å². The smallest absolute Gasteiger partial charge is 0.341 e. The van der Waals surface area contributed by atoms with Gasteiger partial charge in [-0.1, -0.05) is 30.4 Å². The number of benzene rings is 1. The molecular weight excluding hydrogens is 370 g/mol. The molecule has 2 bridgehead atoms. The molecule has 2 saturated heterocycles. The molecule has 2 aliphatic heterocycles. The van der Waals surface area contributed by atoms with E-state index in [-0.39, 0.29) is 30.6 Å². The Morgan fingerprint density at radius 3 is 2.76 bits per heavy atom. The van der Waals surface area contributed by atoms with Crippen molar-refractivity contribution >= 4 is 23.9 Å². The Morgan fingerprint density at radius 1 is 1.24 bits per heavy atom. The van der Waals surface area contributed by atoms with Crippen LogP contribution in [0.5, 0.6) is 0 Å². The molecular formula is C22H29N3O4. The number of allylic oxidation sites excluding steroid dienone is 2. The number of aliphatic carboxylic acids is 1. The van der Waals surface area contributed by atoms with Gasteiger partial charge in [-0.3, -0.25) is 4.79 Å². The molecule has 2 heterocycles. The van der Waals surface area contributed by atoms with E-state index in [1.54, 1.807) is 7.05 Å². The van der Waals surface area contributed by atoms with Gasteiger partial charge in [-0.15, -0.1) is 0 Å². The van der Waals surface area contributed by atoms with Crippen LogP contribution in [0.1, 0.15) is 38.5 Å². The van der Waals surface area contributed by atoms with Crippen LogP contribution in [0.2, 0.25) is 0 Å². The molecule has 0 aromatic heterocycles. The average Bonchev–Trinajstić information content (AvgIpc) is 3.31. The second-order valence-corrected chi connectivity index (χ2v) is 7.61. The average molecular weight is 399 g/mol. The van der Waals surface area contributed by atoms with Crippen LogP contribution in [-0.2, 0) is 9.53 Å². The molecule has 7 heteroatoms. The van der Waals surface area contributed by atoms with Crippen LogP contribution >= 0.6 is 0 Å². The zero-order valence-corrected chi connectivity index (χ0v) is 16.7. The molecule has 0 spiro atoms. The molecule has 7 nitrogen and oxygen atoms in total. The van der Waals surface area contributed by atoms with Gasteiger partial charge in [0.25, 0.3) is 0 Å². The summed E-state index contributed by atoms with van der Waals surface area (Å²) in [7, 11) is 1.64. The Kier molecular flexibility index (Phi) is 7.41. The van der Waals surface area contributed by atoms with Gasteiger partial charge in [0, 0.05) is 31.3 Å². The number of fused-ring (bicyclic) bond motifs is 2.